The lowest BCUT2D eigenvalue weighted by atomic mass is 9.99. The molecule has 2 aromatic heterocycles. The molecule has 0 saturated carbocycles. The number of halogens is 1. The first kappa shape index (κ1) is 17.2. The van der Waals surface area contributed by atoms with Crippen molar-refractivity contribution in [3.05, 3.63) is 56.6 Å². The Kier molecular flexibility index (Phi) is 4.39. The maximum Gasteiger partial charge on any atom is 0.194 e. The van der Waals surface area contributed by atoms with Gasteiger partial charge in [-0.15, -0.1) is 0 Å². The van der Waals surface area contributed by atoms with Crippen LogP contribution in [-0.2, 0) is 0 Å². The molecule has 2 N–H and O–H groups in total. The molecule has 0 radical (unpaired) electrons. The molecule has 1 aromatic carbocycles. The highest BCUT2D eigenvalue weighted by Gasteiger charge is 2.20. The summed E-state index contributed by atoms with van der Waals surface area (Å²) in [5, 5.41) is 0.977. The Hall–Kier alpha value is -2.60. The topological polar surface area (TPSA) is 83.0 Å². The number of methoxy groups -OCH3 is 1. The quantitative estimate of drug-likeness (QED) is 0.777. The molecule has 0 saturated heterocycles. The van der Waals surface area contributed by atoms with Gasteiger partial charge in [0.1, 0.15) is 28.9 Å². The number of anilines is 1. The predicted molar refractivity (Wildman–Crippen MR) is 99.5 cm³/mol. The van der Waals surface area contributed by atoms with Crippen LogP contribution < -0.4 is 15.9 Å². The molecule has 3 rings (SSSR count). The van der Waals surface area contributed by atoms with Gasteiger partial charge in [0.15, 0.2) is 5.43 Å². The highest BCUT2D eigenvalue weighted by Crippen LogP contribution is 2.37. The fraction of sp³-hybridized carbons (Fsp3) is 0.278. The zero-order valence-electron chi connectivity index (χ0n) is 14.5. The summed E-state index contributed by atoms with van der Waals surface area (Å²) in [5.41, 5.74) is 9.01. The maximum absolute atomic E-state index is 12.2. The number of fused-ring (bicyclic) bond motifs is 1. The van der Waals surface area contributed by atoms with Crippen molar-refractivity contribution in [3.8, 4) is 5.75 Å². The van der Waals surface area contributed by atoms with Crippen LogP contribution in [0.5, 0.6) is 5.75 Å². The zero-order chi connectivity index (χ0) is 18.3. The summed E-state index contributed by atoms with van der Waals surface area (Å²) in [5.74, 6) is 0.935. The summed E-state index contributed by atoms with van der Waals surface area (Å²) in [7, 11) is 1.63. The van der Waals surface area contributed by atoms with E-state index in [2.05, 4.69) is 9.97 Å². The monoisotopic (exact) mass is 358 g/mol. The van der Waals surface area contributed by atoms with Crippen molar-refractivity contribution in [3.63, 3.8) is 0 Å². The van der Waals surface area contributed by atoms with Gasteiger partial charge in [-0.2, -0.15) is 0 Å². The van der Waals surface area contributed by atoms with Crippen molar-refractivity contribution in [1.82, 2.24) is 14.5 Å². The SMILES string of the molecule is COc1c(C(C)n2ccc(=O)c3c(N)ncnc32)cc(Cl)c(C)c1C. The lowest BCUT2D eigenvalue weighted by Gasteiger charge is -2.23. The van der Waals surface area contributed by atoms with Gasteiger partial charge in [-0.25, -0.2) is 9.97 Å². The number of hydrogen-bond donors (Lipinski definition) is 1. The van der Waals surface area contributed by atoms with Gasteiger partial charge in [0.2, 0.25) is 0 Å². The minimum Gasteiger partial charge on any atom is -0.496 e. The van der Waals surface area contributed by atoms with E-state index in [1.165, 1.54) is 12.4 Å². The predicted octanol–water partition coefficient (Wildman–Crippen LogP) is 3.26. The minimum absolute atomic E-state index is 0.168. The average Bonchev–Trinajstić information content (AvgIpc) is 2.59. The molecule has 130 valence electrons. The largest absolute Gasteiger partial charge is 0.496 e. The van der Waals surface area contributed by atoms with Crippen LogP contribution in [0.25, 0.3) is 11.0 Å². The molecule has 0 aliphatic carbocycles. The van der Waals surface area contributed by atoms with E-state index in [1.807, 2.05) is 31.4 Å². The molecule has 25 heavy (non-hydrogen) atoms. The Morgan fingerprint density at radius 2 is 2.00 bits per heavy atom. The number of rotatable bonds is 3. The standard InChI is InChI=1S/C18H19ClN4O2/c1-9-10(2)16(25-4)12(7-13(9)19)11(3)23-6-5-14(24)15-17(20)21-8-22-18(15)23/h5-8,11H,1-4H3,(H2,20,21,22). The third-order valence-electron chi connectivity index (χ3n) is 4.61. The molecule has 2 heterocycles. The van der Waals surface area contributed by atoms with Crippen molar-refractivity contribution in [1.29, 1.82) is 0 Å². The third-order valence-corrected chi connectivity index (χ3v) is 5.00. The van der Waals surface area contributed by atoms with Gasteiger partial charge in [0, 0.05) is 22.8 Å². The molecule has 0 fully saturated rings. The molecule has 0 aliphatic rings. The van der Waals surface area contributed by atoms with Gasteiger partial charge in [0.05, 0.1) is 13.2 Å². The van der Waals surface area contributed by atoms with Gasteiger partial charge in [0.25, 0.3) is 0 Å². The van der Waals surface area contributed by atoms with E-state index in [4.69, 9.17) is 22.1 Å². The van der Waals surface area contributed by atoms with E-state index in [0.29, 0.717) is 16.1 Å². The molecule has 1 unspecified atom stereocenters. The Morgan fingerprint density at radius 3 is 2.68 bits per heavy atom. The first-order chi connectivity index (χ1) is 11.9. The van der Waals surface area contributed by atoms with E-state index in [1.54, 1.807) is 13.3 Å². The number of pyridine rings is 1. The molecular weight excluding hydrogens is 340 g/mol. The van der Waals surface area contributed by atoms with Crippen molar-refractivity contribution < 1.29 is 4.74 Å². The Bertz CT molecular complexity index is 1030. The lowest BCUT2D eigenvalue weighted by Crippen LogP contribution is -2.16. The highest BCUT2D eigenvalue weighted by atomic mass is 35.5. The number of nitrogens with zero attached hydrogens (tertiary/aromatic N) is 3. The van der Waals surface area contributed by atoms with Crippen LogP contribution in [0.1, 0.15) is 29.7 Å². The molecule has 3 aromatic rings. The minimum atomic E-state index is -0.207. The van der Waals surface area contributed by atoms with Crippen molar-refractivity contribution in [2.24, 2.45) is 0 Å². The van der Waals surface area contributed by atoms with Gasteiger partial charge in [-0.1, -0.05) is 11.6 Å². The van der Waals surface area contributed by atoms with Crippen LogP contribution in [0.3, 0.4) is 0 Å². The van der Waals surface area contributed by atoms with Crippen LogP contribution in [0, 0.1) is 13.8 Å². The summed E-state index contributed by atoms with van der Waals surface area (Å²) in [4.78, 5) is 20.4. The second kappa shape index (κ2) is 6.37. The summed E-state index contributed by atoms with van der Waals surface area (Å²) < 4.78 is 7.50. The van der Waals surface area contributed by atoms with Crippen molar-refractivity contribution in [2.45, 2.75) is 26.8 Å². The lowest BCUT2D eigenvalue weighted by molar-refractivity contribution is 0.400. The van der Waals surface area contributed by atoms with Crippen LogP contribution in [0.2, 0.25) is 5.02 Å². The first-order valence-corrected chi connectivity index (χ1v) is 8.19. The summed E-state index contributed by atoms with van der Waals surface area (Å²) in [6.45, 7) is 5.92. The number of nitrogens with two attached hydrogens (primary N) is 1. The third kappa shape index (κ3) is 2.72. The molecule has 0 spiro atoms. The van der Waals surface area contributed by atoms with Crippen LogP contribution in [0.4, 0.5) is 5.82 Å². The fourth-order valence-corrected chi connectivity index (χ4v) is 3.30. The average molecular weight is 359 g/mol. The molecule has 6 nitrogen and oxygen atoms in total. The fourth-order valence-electron chi connectivity index (χ4n) is 3.04. The Morgan fingerprint density at radius 1 is 1.28 bits per heavy atom. The number of nitrogen functional groups attached to an aromatic ring is 1. The molecule has 0 aliphatic heterocycles. The Labute approximate surface area is 150 Å². The van der Waals surface area contributed by atoms with Crippen LogP contribution in [0.15, 0.2) is 29.5 Å². The smallest absolute Gasteiger partial charge is 0.194 e. The molecular formula is C18H19ClN4O2. The van der Waals surface area contributed by atoms with E-state index in [9.17, 15) is 4.79 Å². The highest BCUT2D eigenvalue weighted by molar-refractivity contribution is 6.31. The normalized spacial score (nSPS) is 12.4. The van der Waals surface area contributed by atoms with Gasteiger partial charge in [-0.3, -0.25) is 4.79 Å². The maximum atomic E-state index is 12.2. The molecule has 1 atom stereocenters. The molecule has 0 bridgehead atoms. The van der Waals surface area contributed by atoms with Crippen LogP contribution >= 0.6 is 11.6 Å². The zero-order valence-corrected chi connectivity index (χ0v) is 15.3. The molecule has 7 heteroatoms. The summed E-state index contributed by atoms with van der Waals surface area (Å²) >= 11 is 6.39. The van der Waals surface area contributed by atoms with E-state index >= 15 is 0 Å². The first-order valence-electron chi connectivity index (χ1n) is 7.81. The van der Waals surface area contributed by atoms with E-state index in [0.717, 1.165) is 22.4 Å². The molecule has 0 amide bonds. The second-order valence-corrected chi connectivity index (χ2v) is 6.36. The Balaban J connectivity index is 2.29. The summed E-state index contributed by atoms with van der Waals surface area (Å²) in [6, 6.07) is 3.18. The van der Waals surface area contributed by atoms with E-state index in [-0.39, 0.29) is 17.3 Å². The van der Waals surface area contributed by atoms with Crippen molar-refractivity contribution in [2.75, 3.05) is 12.8 Å². The van der Waals surface area contributed by atoms with Gasteiger partial charge >= 0.3 is 0 Å². The number of hydrogen-bond acceptors (Lipinski definition) is 5. The number of ether oxygens (including phenoxy) is 1. The second-order valence-electron chi connectivity index (χ2n) is 5.95. The van der Waals surface area contributed by atoms with Gasteiger partial charge < -0.3 is 15.0 Å². The number of aromatic nitrogens is 3. The van der Waals surface area contributed by atoms with Crippen LogP contribution in [-0.4, -0.2) is 21.6 Å². The summed E-state index contributed by atoms with van der Waals surface area (Å²) in [6.07, 6.45) is 3.05. The number of benzene rings is 1. The van der Waals surface area contributed by atoms with Crippen molar-refractivity contribution >= 4 is 28.5 Å². The van der Waals surface area contributed by atoms with Gasteiger partial charge in [-0.05, 0) is 38.0 Å². The van der Waals surface area contributed by atoms with E-state index < -0.39 is 0 Å².